The molecule has 1 amide bonds. The van der Waals surface area contributed by atoms with Crippen LogP contribution in [-0.4, -0.2) is 36.7 Å². The van der Waals surface area contributed by atoms with Crippen molar-refractivity contribution in [2.75, 3.05) is 6.54 Å². The van der Waals surface area contributed by atoms with Crippen molar-refractivity contribution in [1.29, 1.82) is 0 Å². The Bertz CT molecular complexity index is 767. The molecule has 0 aliphatic carbocycles. The highest BCUT2D eigenvalue weighted by atomic mass is 19.1. The summed E-state index contributed by atoms with van der Waals surface area (Å²) in [4.78, 5) is 29.6. The van der Waals surface area contributed by atoms with E-state index in [9.17, 15) is 14.0 Å². The molecule has 0 bridgehead atoms. The van der Waals surface area contributed by atoms with Gasteiger partial charge in [-0.2, -0.15) is 5.10 Å². The minimum Gasteiger partial charge on any atom is -0.329 e. The molecule has 0 radical (unpaired) electrons. The molecule has 116 valence electrons. The predicted octanol–water partition coefficient (Wildman–Crippen LogP) is 0.645. The van der Waals surface area contributed by atoms with Crippen LogP contribution in [0.2, 0.25) is 0 Å². The summed E-state index contributed by atoms with van der Waals surface area (Å²) in [6.45, 7) is 3.44. The molecule has 7 nitrogen and oxygen atoms in total. The van der Waals surface area contributed by atoms with Crippen LogP contribution < -0.4 is 5.69 Å². The van der Waals surface area contributed by atoms with E-state index in [1.165, 1.54) is 21.8 Å². The van der Waals surface area contributed by atoms with Gasteiger partial charge in [-0.3, -0.25) is 14.3 Å². The average Bonchev–Trinajstić information content (AvgIpc) is 2.83. The number of nitrogens with zero attached hydrogens (tertiary/aromatic N) is 5. The lowest BCUT2D eigenvalue weighted by molar-refractivity contribution is 0.0701. The summed E-state index contributed by atoms with van der Waals surface area (Å²) in [6, 6.07) is 1.36. The number of fused-ring (bicyclic) bond motifs is 1. The lowest BCUT2D eigenvalue weighted by Crippen LogP contribution is -2.41. The van der Waals surface area contributed by atoms with Crippen molar-refractivity contribution in [3.8, 4) is 0 Å². The number of aromatic nitrogens is 4. The Morgan fingerprint density at radius 3 is 2.95 bits per heavy atom. The molecule has 1 aliphatic heterocycles. The van der Waals surface area contributed by atoms with Crippen LogP contribution in [0.3, 0.4) is 0 Å². The van der Waals surface area contributed by atoms with Crippen molar-refractivity contribution in [2.24, 2.45) is 0 Å². The molecule has 0 saturated carbocycles. The lowest BCUT2D eigenvalue weighted by Gasteiger charge is -2.26. The van der Waals surface area contributed by atoms with Crippen LogP contribution in [-0.2, 0) is 19.6 Å². The molecular weight excluding hydrogens is 289 g/mol. The Balaban J connectivity index is 1.85. The number of hydrogen-bond acceptors (Lipinski definition) is 4. The van der Waals surface area contributed by atoms with Gasteiger partial charge in [-0.25, -0.2) is 13.9 Å². The minimum absolute atomic E-state index is 0.0150. The first-order valence-electron chi connectivity index (χ1n) is 7.17. The van der Waals surface area contributed by atoms with Crippen LogP contribution >= 0.6 is 0 Å². The number of halogens is 1. The highest BCUT2D eigenvalue weighted by molar-refractivity contribution is 5.94. The Kier molecular flexibility index (Phi) is 3.74. The third-order valence-electron chi connectivity index (χ3n) is 3.65. The van der Waals surface area contributed by atoms with Gasteiger partial charge >= 0.3 is 5.69 Å². The van der Waals surface area contributed by atoms with Gasteiger partial charge in [0, 0.05) is 25.8 Å². The van der Waals surface area contributed by atoms with Crippen LogP contribution in [0.15, 0.2) is 23.3 Å². The highest BCUT2D eigenvalue weighted by Crippen LogP contribution is 2.14. The molecule has 2 aromatic heterocycles. The van der Waals surface area contributed by atoms with E-state index in [1.807, 2.05) is 6.92 Å². The van der Waals surface area contributed by atoms with Gasteiger partial charge in [0.05, 0.1) is 18.3 Å². The number of carbonyl (C=O) groups excluding carboxylic acids is 1. The fraction of sp³-hybridized carbons (Fsp3) is 0.429. The van der Waals surface area contributed by atoms with Crippen molar-refractivity contribution >= 4 is 5.91 Å². The zero-order chi connectivity index (χ0) is 15.7. The number of aryl methyl sites for hydroxylation is 1. The predicted molar refractivity (Wildman–Crippen MR) is 75.7 cm³/mol. The molecule has 0 aromatic carbocycles. The second kappa shape index (κ2) is 5.70. The van der Waals surface area contributed by atoms with E-state index in [0.717, 1.165) is 12.6 Å². The number of rotatable bonds is 3. The topological polar surface area (TPSA) is 73.0 Å². The number of amides is 1. The van der Waals surface area contributed by atoms with Crippen LogP contribution in [0.5, 0.6) is 0 Å². The Morgan fingerprint density at radius 1 is 1.41 bits per heavy atom. The van der Waals surface area contributed by atoms with Gasteiger partial charge in [0.2, 0.25) is 0 Å². The molecule has 3 heterocycles. The third-order valence-corrected chi connectivity index (χ3v) is 3.65. The second-order valence-electron chi connectivity index (χ2n) is 5.16. The third kappa shape index (κ3) is 2.40. The zero-order valence-electron chi connectivity index (χ0n) is 12.2. The molecule has 8 heteroatoms. The fourth-order valence-corrected chi connectivity index (χ4v) is 2.55. The van der Waals surface area contributed by atoms with Gasteiger partial charge in [0.25, 0.3) is 5.91 Å². The van der Waals surface area contributed by atoms with Gasteiger partial charge in [-0.05, 0) is 12.5 Å². The molecule has 3 rings (SSSR count). The summed E-state index contributed by atoms with van der Waals surface area (Å²) in [6.07, 6.45) is 3.20. The summed E-state index contributed by atoms with van der Waals surface area (Å²) < 4.78 is 16.7. The number of hydrogen-bond donors (Lipinski definition) is 0. The monoisotopic (exact) mass is 305 g/mol. The van der Waals surface area contributed by atoms with Gasteiger partial charge in [0.15, 0.2) is 11.6 Å². The Hall–Kier alpha value is -2.51. The Labute approximate surface area is 126 Å². The van der Waals surface area contributed by atoms with Crippen molar-refractivity contribution < 1.29 is 9.18 Å². The maximum absolute atomic E-state index is 13.7. The summed E-state index contributed by atoms with van der Waals surface area (Å²) >= 11 is 0. The van der Waals surface area contributed by atoms with Crippen molar-refractivity contribution in [3.05, 3.63) is 46.1 Å². The highest BCUT2D eigenvalue weighted by Gasteiger charge is 2.26. The molecule has 0 atom stereocenters. The van der Waals surface area contributed by atoms with Crippen LogP contribution in [0.25, 0.3) is 0 Å². The van der Waals surface area contributed by atoms with E-state index < -0.39 is 11.7 Å². The SMILES string of the molecule is CCCn1nc2n(c1=O)CCN(C(=O)c1ccncc1F)C2. The van der Waals surface area contributed by atoms with E-state index in [-0.39, 0.29) is 17.8 Å². The smallest absolute Gasteiger partial charge is 0.329 e. The molecule has 2 aromatic rings. The van der Waals surface area contributed by atoms with E-state index in [0.29, 0.717) is 25.5 Å². The first kappa shape index (κ1) is 14.4. The van der Waals surface area contributed by atoms with Gasteiger partial charge in [-0.1, -0.05) is 6.92 Å². The summed E-state index contributed by atoms with van der Waals surface area (Å²) in [7, 11) is 0. The van der Waals surface area contributed by atoms with Gasteiger partial charge in [-0.15, -0.1) is 0 Å². The number of pyridine rings is 1. The zero-order valence-corrected chi connectivity index (χ0v) is 12.2. The first-order chi connectivity index (χ1) is 10.6. The lowest BCUT2D eigenvalue weighted by atomic mass is 10.2. The minimum atomic E-state index is -0.646. The van der Waals surface area contributed by atoms with Gasteiger partial charge in [0.1, 0.15) is 0 Å². The molecule has 1 aliphatic rings. The quantitative estimate of drug-likeness (QED) is 0.834. The molecule has 22 heavy (non-hydrogen) atoms. The molecule has 0 N–H and O–H groups in total. The van der Waals surface area contributed by atoms with Gasteiger partial charge < -0.3 is 4.90 Å². The summed E-state index contributed by atoms with van der Waals surface area (Å²) in [5, 5.41) is 4.26. The Morgan fingerprint density at radius 2 is 2.23 bits per heavy atom. The molecular formula is C14H16FN5O2. The molecule has 0 saturated heterocycles. The average molecular weight is 305 g/mol. The molecule has 0 unspecified atom stereocenters. The normalized spacial score (nSPS) is 14.0. The van der Waals surface area contributed by atoms with Crippen LogP contribution in [0.4, 0.5) is 4.39 Å². The second-order valence-corrected chi connectivity index (χ2v) is 5.16. The van der Waals surface area contributed by atoms with E-state index in [1.54, 1.807) is 4.57 Å². The maximum Gasteiger partial charge on any atom is 0.346 e. The summed E-state index contributed by atoms with van der Waals surface area (Å²) in [5.41, 5.74) is -0.169. The molecule has 0 spiro atoms. The van der Waals surface area contributed by atoms with E-state index >= 15 is 0 Å². The standard InChI is InChI=1S/C14H16FN5O2/c1-2-5-20-14(22)19-7-6-18(9-12(19)17-20)13(21)10-3-4-16-8-11(10)15/h3-4,8H,2,5-7,9H2,1H3. The summed E-state index contributed by atoms with van der Waals surface area (Å²) in [5.74, 6) is -0.525. The van der Waals surface area contributed by atoms with Crippen molar-refractivity contribution in [2.45, 2.75) is 33.0 Å². The van der Waals surface area contributed by atoms with Crippen molar-refractivity contribution in [1.82, 2.24) is 24.2 Å². The maximum atomic E-state index is 13.7. The van der Waals surface area contributed by atoms with Crippen LogP contribution in [0.1, 0.15) is 29.5 Å². The number of carbonyl (C=O) groups is 1. The van der Waals surface area contributed by atoms with E-state index in [2.05, 4.69) is 10.1 Å². The first-order valence-corrected chi connectivity index (χ1v) is 7.17. The fourth-order valence-electron chi connectivity index (χ4n) is 2.55. The van der Waals surface area contributed by atoms with Crippen molar-refractivity contribution in [3.63, 3.8) is 0 Å². The largest absolute Gasteiger partial charge is 0.346 e. The molecule has 0 fully saturated rings. The van der Waals surface area contributed by atoms with E-state index in [4.69, 9.17) is 0 Å². The van der Waals surface area contributed by atoms with Crippen LogP contribution in [0, 0.1) is 5.82 Å².